The van der Waals surface area contributed by atoms with E-state index in [1.54, 1.807) is 37.3 Å². The van der Waals surface area contributed by atoms with Crippen LogP contribution in [-0.2, 0) is 14.3 Å². The van der Waals surface area contributed by atoms with Crippen LogP contribution in [0.3, 0.4) is 0 Å². The fourth-order valence-corrected chi connectivity index (χ4v) is 5.02. The van der Waals surface area contributed by atoms with Crippen LogP contribution in [0.1, 0.15) is 91.8 Å². The summed E-state index contributed by atoms with van der Waals surface area (Å²) in [6.07, 6.45) is 6.47. The average molecular weight is 549 g/mol. The number of rotatable bonds is 5. The Hall–Kier alpha value is -4.07. The Balaban J connectivity index is 1.78. The molecule has 0 aliphatic carbocycles. The molecule has 0 unspecified atom stereocenters. The molecule has 0 radical (unpaired) electrons. The number of ketones is 1. The molecule has 0 bridgehead atoms. The van der Waals surface area contributed by atoms with Crippen LogP contribution in [-0.4, -0.2) is 42.6 Å². The summed E-state index contributed by atoms with van der Waals surface area (Å²) in [4.78, 5) is 38.2. The Labute approximate surface area is 234 Å². The number of aromatic hydroxyl groups is 1. The maximum atomic E-state index is 13.4. The molecule has 0 amide bonds. The summed E-state index contributed by atoms with van der Waals surface area (Å²) in [5, 5.41) is 11.6. The molecule has 40 heavy (non-hydrogen) atoms. The van der Waals surface area contributed by atoms with Crippen molar-refractivity contribution in [1.29, 1.82) is 0 Å². The molecule has 2 heterocycles. The highest BCUT2D eigenvalue weighted by Gasteiger charge is 2.36. The van der Waals surface area contributed by atoms with Gasteiger partial charge in [0, 0.05) is 24.3 Å². The molecule has 4 rings (SSSR count). The van der Waals surface area contributed by atoms with Gasteiger partial charge in [0.15, 0.2) is 11.5 Å². The number of carbonyl (C=O) groups excluding carboxylic acids is 3. The predicted octanol–water partition coefficient (Wildman–Crippen LogP) is 6.28. The van der Waals surface area contributed by atoms with E-state index in [-0.39, 0.29) is 29.3 Å². The van der Waals surface area contributed by atoms with Crippen LogP contribution in [0.25, 0.3) is 6.08 Å². The van der Waals surface area contributed by atoms with Crippen LogP contribution in [0.15, 0.2) is 42.5 Å². The highest BCUT2D eigenvalue weighted by Crippen LogP contribution is 2.48. The van der Waals surface area contributed by atoms with Crippen molar-refractivity contribution in [1.82, 2.24) is 0 Å². The normalized spacial score (nSPS) is 19.9. The monoisotopic (exact) mass is 548 g/mol. The lowest BCUT2D eigenvalue weighted by molar-refractivity contribution is -0.135. The van der Waals surface area contributed by atoms with Crippen LogP contribution < -0.4 is 14.2 Å². The molecule has 2 aromatic rings. The fourth-order valence-electron chi connectivity index (χ4n) is 5.02. The van der Waals surface area contributed by atoms with E-state index in [4.69, 9.17) is 18.9 Å². The first-order valence-corrected chi connectivity index (χ1v) is 13.6. The molecule has 2 aliphatic rings. The number of carbonyl (C=O) groups is 3. The number of esters is 2. The Morgan fingerprint density at radius 2 is 1.90 bits per heavy atom. The van der Waals surface area contributed by atoms with Crippen LogP contribution >= 0.6 is 0 Å². The third-order valence-electron chi connectivity index (χ3n) is 7.04. The molecule has 0 saturated carbocycles. The SMILES string of the molecule is C=C(C)COc1ccc([C@H]2CC(=O)Oc3cc4c(c(O)c32)C(=O)O[C@@H](C)CCCC(=O)CCCC=C4)cc1OC. The van der Waals surface area contributed by atoms with Crippen LogP contribution in [0.2, 0.25) is 0 Å². The van der Waals surface area contributed by atoms with Gasteiger partial charge >= 0.3 is 11.9 Å². The van der Waals surface area contributed by atoms with Gasteiger partial charge in [-0.05, 0) is 74.4 Å². The minimum atomic E-state index is -0.674. The van der Waals surface area contributed by atoms with Crippen molar-refractivity contribution < 1.29 is 38.4 Å². The number of cyclic esters (lactones) is 1. The molecular weight excluding hydrogens is 512 g/mol. The maximum absolute atomic E-state index is 13.4. The first-order valence-electron chi connectivity index (χ1n) is 13.6. The Kier molecular flexibility index (Phi) is 9.30. The molecule has 212 valence electrons. The second kappa shape index (κ2) is 12.9. The topological polar surface area (TPSA) is 108 Å². The molecule has 8 heteroatoms. The fraction of sp³-hybridized carbons (Fsp3) is 0.406. The zero-order valence-corrected chi connectivity index (χ0v) is 23.3. The van der Waals surface area contributed by atoms with Crippen molar-refractivity contribution in [3.63, 3.8) is 0 Å². The zero-order valence-electron chi connectivity index (χ0n) is 23.3. The van der Waals surface area contributed by atoms with Gasteiger partial charge in [0.1, 0.15) is 29.5 Å². The van der Waals surface area contributed by atoms with Gasteiger partial charge in [0.05, 0.1) is 19.6 Å². The highest BCUT2D eigenvalue weighted by atomic mass is 16.5. The summed E-state index contributed by atoms with van der Waals surface area (Å²) in [5.41, 5.74) is 2.28. The summed E-state index contributed by atoms with van der Waals surface area (Å²) in [6.45, 7) is 7.80. The van der Waals surface area contributed by atoms with Crippen molar-refractivity contribution >= 4 is 23.8 Å². The molecule has 2 aliphatic heterocycles. The number of fused-ring (bicyclic) bond motifs is 2. The summed E-state index contributed by atoms with van der Waals surface area (Å²) in [7, 11) is 1.52. The molecule has 0 spiro atoms. The number of Topliss-reactive ketones (excluding diaryl/α,β-unsaturated/α-hetero) is 1. The standard InChI is InChI=1S/C32H36O8/c1-19(2)18-38-25-14-13-21(15-26(25)37-4)24-17-28(34)40-27-16-22-10-6-5-7-11-23(33)12-8-9-20(3)39-32(36)29(22)31(35)30(24)27/h6,10,13-16,20,24,35H,1,5,7-9,11-12,17-18H2,2-4H3/t20-,24+/m0/s1. The number of allylic oxidation sites excluding steroid dienone is 1. The number of hydrogen-bond donors (Lipinski definition) is 1. The third kappa shape index (κ3) is 6.73. The van der Waals surface area contributed by atoms with Gasteiger partial charge in [0.2, 0.25) is 0 Å². The molecule has 2 aromatic carbocycles. The van der Waals surface area contributed by atoms with Gasteiger partial charge < -0.3 is 24.1 Å². The average Bonchev–Trinajstić information content (AvgIpc) is 2.90. The smallest absolute Gasteiger partial charge is 0.342 e. The van der Waals surface area contributed by atoms with E-state index < -0.39 is 24.0 Å². The third-order valence-corrected chi connectivity index (χ3v) is 7.04. The van der Waals surface area contributed by atoms with E-state index in [0.717, 1.165) is 5.57 Å². The Morgan fingerprint density at radius 1 is 1.12 bits per heavy atom. The van der Waals surface area contributed by atoms with Crippen LogP contribution in [0.4, 0.5) is 0 Å². The van der Waals surface area contributed by atoms with E-state index in [1.807, 2.05) is 13.0 Å². The van der Waals surface area contributed by atoms with Crippen molar-refractivity contribution in [2.75, 3.05) is 13.7 Å². The minimum absolute atomic E-state index is 0.0197. The minimum Gasteiger partial charge on any atom is -0.507 e. The largest absolute Gasteiger partial charge is 0.507 e. The molecule has 0 saturated heterocycles. The first kappa shape index (κ1) is 28.9. The second-order valence-electron chi connectivity index (χ2n) is 10.4. The van der Waals surface area contributed by atoms with Crippen molar-refractivity contribution in [2.45, 2.75) is 70.8 Å². The molecule has 0 fully saturated rings. The summed E-state index contributed by atoms with van der Waals surface area (Å²) < 4.78 is 22.6. The molecule has 2 atom stereocenters. The Bertz CT molecular complexity index is 1340. The number of methoxy groups -OCH3 is 1. The number of ether oxygens (including phenoxy) is 4. The summed E-state index contributed by atoms with van der Waals surface area (Å²) >= 11 is 0. The van der Waals surface area contributed by atoms with Gasteiger partial charge in [-0.3, -0.25) is 9.59 Å². The lowest BCUT2D eigenvalue weighted by Crippen LogP contribution is -2.23. The molecular formula is C32H36O8. The number of hydrogen-bond acceptors (Lipinski definition) is 8. The van der Waals surface area contributed by atoms with Crippen LogP contribution in [0.5, 0.6) is 23.0 Å². The highest BCUT2D eigenvalue weighted by molar-refractivity contribution is 5.98. The number of phenols is 1. The van der Waals surface area contributed by atoms with Crippen molar-refractivity contribution in [3.8, 4) is 23.0 Å². The molecule has 8 nitrogen and oxygen atoms in total. The zero-order chi connectivity index (χ0) is 28.8. The lowest BCUT2D eigenvalue weighted by Gasteiger charge is -2.28. The second-order valence-corrected chi connectivity index (χ2v) is 10.4. The summed E-state index contributed by atoms with van der Waals surface area (Å²) in [6, 6.07) is 6.90. The first-order chi connectivity index (χ1) is 19.2. The van der Waals surface area contributed by atoms with E-state index in [1.165, 1.54) is 7.11 Å². The molecule has 0 aromatic heterocycles. The van der Waals surface area contributed by atoms with Gasteiger partial charge in [-0.15, -0.1) is 0 Å². The van der Waals surface area contributed by atoms with E-state index in [2.05, 4.69) is 6.58 Å². The number of phenolic OH excluding ortho intramolecular Hbond substituents is 1. The van der Waals surface area contributed by atoms with E-state index >= 15 is 0 Å². The van der Waals surface area contributed by atoms with Crippen molar-refractivity contribution in [2.24, 2.45) is 0 Å². The van der Waals surface area contributed by atoms with Gasteiger partial charge in [0.25, 0.3) is 0 Å². The predicted molar refractivity (Wildman–Crippen MR) is 150 cm³/mol. The molecule has 1 N–H and O–H groups in total. The lowest BCUT2D eigenvalue weighted by atomic mass is 9.83. The van der Waals surface area contributed by atoms with Gasteiger partial charge in [-0.1, -0.05) is 24.8 Å². The van der Waals surface area contributed by atoms with E-state index in [0.29, 0.717) is 73.3 Å². The quantitative estimate of drug-likeness (QED) is 0.264. The van der Waals surface area contributed by atoms with Crippen molar-refractivity contribution in [3.05, 3.63) is 64.7 Å². The van der Waals surface area contributed by atoms with Gasteiger partial charge in [-0.25, -0.2) is 4.79 Å². The summed E-state index contributed by atoms with van der Waals surface area (Å²) in [5.74, 6) is -0.653. The van der Waals surface area contributed by atoms with E-state index in [9.17, 15) is 19.5 Å². The van der Waals surface area contributed by atoms with Crippen LogP contribution in [0, 0.1) is 0 Å². The van der Waals surface area contributed by atoms with Gasteiger partial charge in [-0.2, -0.15) is 0 Å². The Morgan fingerprint density at radius 3 is 2.65 bits per heavy atom. The number of benzene rings is 2. The maximum Gasteiger partial charge on any atom is 0.342 e.